The topological polar surface area (TPSA) is 20.3 Å². The largest absolute Gasteiger partial charge is 0.375 e. The summed E-state index contributed by atoms with van der Waals surface area (Å²) in [6, 6.07) is 4.82. The fourth-order valence-corrected chi connectivity index (χ4v) is 1.14. The van der Waals surface area contributed by atoms with Gasteiger partial charge in [-0.2, -0.15) is 0 Å². The van der Waals surface area contributed by atoms with E-state index < -0.39 is 0 Å². The van der Waals surface area contributed by atoms with Crippen LogP contribution in [0.2, 0.25) is 0 Å². The third kappa shape index (κ3) is 2.28. The number of benzene rings is 1. The zero-order valence-electron chi connectivity index (χ0n) is 7.75. The molecule has 0 bridgehead atoms. The van der Waals surface area contributed by atoms with Crippen molar-refractivity contribution in [3.63, 3.8) is 0 Å². The molecule has 0 spiro atoms. The molecule has 0 aliphatic carbocycles. The lowest BCUT2D eigenvalue weighted by Gasteiger charge is -2.13. The van der Waals surface area contributed by atoms with Gasteiger partial charge in [0.25, 0.3) is 0 Å². The van der Waals surface area contributed by atoms with Crippen LogP contribution in [-0.4, -0.2) is 20.4 Å². The molecule has 0 saturated heterocycles. The van der Waals surface area contributed by atoms with Crippen LogP contribution in [0.5, 0.6) is 0 Å². The lowest BCUT2D eigenvalue weighted by Crippen LogP contribution is -2.10. The summed E-state index contributed by atoms with van der Waals surface area (Å²) in [5.74, 6) is -0.288. The van der Waals surface area contributed by atoms with Crippen molar-refractivity contribution in [2.24, 2.45) is 0 Å². The summed E-state index contributed by atoms with van der Waals surface area (Å²) in [4.78, 5) is 11.9. The second kappa shape index (κ2) is 4.03. The number of rotatable bonds is 3. The molecule has 0 aliphatic rings. The number of nitrogens with zero attached hydrogens (tertiary/aromatic N) is 1. The van der Waals surface area contributed by atoms with Gasteiger partial charge in [0.1, 0.15) is 12.1 Å². The minimum Gasteiger partial charge on any atom is -0.375 e. The molecule has 2 nitrogen and oxygen atoms in total. The third-order valence-electron chi connectivity index (χ3n) is 1.81. The smallest absolute Gasteiger partial charge is 0.146 e. The summed E-state index contributed by atoms with van der Waals surface area (Å²) in [6.45, 7) is 0. The first kappa shape index (κ1) is 9.71. The Balaban J connectivity index is 2.98. The molecule has 0 unspecified atom stereocenters. The predicted molar refractivity (Wildman–Crippen MR) is 50.5 cm³/mol. The third-order valence-corrected chi connectivity index (χ3v) is 1.81. The lowest BCUT2D eigenvalue weighted by atomic mass is 10.1. The number of anilines is 1. The van der Waals surface area contributed by atoms with Crippen LogP contribution < -0.4 is 4.90 Å². The first-order valence-electron chi connectivity index (χ1n) is 4.04. The number of hydrogen-bond donors (Lipinski definition) is 0. The molecule has 0 atom stereocenters. The second-order valence-corrected chi connectivity index (χ2v) is 3.05. The monoisotopic (exact) mass is 181 g/mol. The minimum absolute atomic E-state index is 0.268. The van der Waals surface area contributed by atoms with Gasteiger partial charge < -0.3 is 9.69 Å². The van der Waals surface area contributed by atoms with Crippen molar-refractivity contribution < 1.29 is 9.18 Å². The zero-order chi connectivity index (χ0) is 9.84. The van der Waals surface area contributed by atoms with E-state index in [1.165, 1.54) is 6.07 Å². The highest BCUT2D eigenvalue weighted by Crippen LogP contribution is 2.17. The summed E-state index contributed by atoms with van der Waals surface area (Å²) in [6.07, 6.45) is 1.04. The van der Waals surface area contributed by atoms with Crippen molar-refractivity contribution in [1.82, 2.24) is 0 Å². The quantitative estimate of drug-likeness (QED) is 0.660. The van der Waals surface area contributed by atoms with E-state index in [1.54, 1.807) is 31.1 Å². The van der Waals surface area contributed by atoms with Gasteiger partial charge in [-0.3, -0.25) is 0 Å². The highest BCUT2D eigenvalue weighted by atomic mass is 19.1. The maximum atomic E-state index is 13.3. The molecule has 0 radical (unpaired) electrons. The van der Waals surface area contributed by atoms with Gasteiger partial charge in [0.2, 0.25) is 0 Å². The van der Waals surface area contributed by atoms with Crippen LogP contribution in [0.1, 0.15) is 5.56 Å². The van der Waals surface area contributed by atoms with Crippen LogP contribution in [0.15, 0.2) is 18.2 Å². The summed E-state index contributed by atoms with van der Waals surface area (Å²) in [5.41, 5.74) is 1.24. The van der Waals surface area contributed by atoms with Crippen molar-refractivity contribution >= 4 is 12.0 Å². The molecule has 1 aromatic carbocycles. The summed E-state index contributed by atoms with van der Waals surface area (Å²) in [5, 5.41) is 0. The molecule has 0 saturated carbocycles. The van der Waals surface area contributed by atoms with E-state index >= 15 is 0 Å². The Labute approximate surface area is 77.0 Å². The van der Waals surface area contributed by atoms with Crippen molar-refractivity contribution in [3.8, 4) is 0 Å². The summed E-state index contributed by atoms with van der Waals surface area (Å²) in [7, 11) is 3.55. The molecule has 3 heteroatoms. The van der Waals surface area contributed by atoms with Crippen LogP contribution in [-0.2, 0) is 11.2 Å². The molecule has 1 aromatic rings. The number of aldehydes is 1. The number of halogens is 1. The molecule has 0 aromatic heterocycles. The molecule has 1 rings (SSSR count). The Bertz CT molecular complexity index is 310. The Morgan fingerprint density at radius 2 is 2.15 bits per heavy atom. The van der Waals surface area contributed by atoms with Crippen LogP contribution in [0, 0.1) is 5.82 Å². The summed E-state index contributed by atoms with van der Waals surface area (Å²) < 4.78 is 13.3. The molecule has 0 heterocycles. The number of hydrogen-bond acceptors (Lipinski definition) is 2. The molecular formula is C10H12FNO. The Hall–Kier alpha value is -1.38. The Morgan fingerprint density at radius 3 is 2.62 bits per heavy atom. The van der Waals surface area contributed by atoms with Crippen molar-refractivity contribution in [1.29, 1.82) is 0 Å². The highest BCUT2D eigenvalue weighted by molar-refractivity contribution is 5.57. The van der Waals surface area contributed by atoms with E-state index in [2.05, 4.69) is 0 Å². The maximum Gasteiger partial charge on any atom is 0.146 e. The Kier molecular flexibility index (Phi) is 3.01. The second-order valence-electron chi connectivity index (χ2n) is 3.05. The number of carbonyl (C=O) groups is 1. The maximum absolute atomic E-state index is 13.3. The van der Waals surface area contributed by atoms with Gasteiger partial charge in [-0.1, -0.05) is 6.07 Å². The molecule has 0 fully saturated rings. The highest BCUT2D eigenvalue weighted by Gasteiger charge is 2.04. The van der Waals surface area contributed by atoms with Gasteiger partial charge in [-0.15, -0.1) is 0 Å². The van der Waals surface area contributed by atoms with Crippen molar-refractivity contribution in [2.75, 3.05) is 19.0 Å². The normalized spacial score (nSPS) is 9.77. The first-order chi connectivity index (χ1) is 6.15. The van der Waals surface area contributed by atoms with E-state index in [1.807, 2.05) is 0 Å². The van der Waals surface area contributed by atoms with Gasteiger partial charge >= 0.3 is 0 Å². The average molecular weight is 181 g/mol. The molecule has 0 N–H and O–H groups in total. The van der Waals surface area contributed by atoms with Gasteiger partial charge in [-0.05, 0) is 17.7 Å². The molecule has 70 valence electrons. The van der Waals surface area contributed by atoms with Crippen LogP contribution in [0.3, 0.4) is 0 Å². The number of carbonyl (C=O) groups excluding carboxylic acids is 1. The van der Waals surface area contributed by atoms with E-state index in [0.717, 1.165) is 6.29 Å². The lowest BCUT2D eigenvalue weighted by molar-refractivity contribution is -0.107. The molecular weight excluding hydrogens is 169 g/mol. The first-order valence-corrected chi connectivity index (χ1v) is 4.04. The fraction of sp³-hybridized carbons (Fsp3) is 0.300. The predicted octanol–water partition coefficient (Wildman–Crippen LogP) is 1.63. The van der Waals surface area contributed by atoms with Crippen molar-refractivity contribution in [2.45, 2.75) is 6.42 Å². The van der Waals surface area contributed by atoms with Crippen LogP contribution >= 0.6 is 0 Å². The summed E-state index contributed by atoms with van der Waals surface area (Å²) >= 11 is 0. The van der Waals surface area contributed by atoms with E-state index in [9.17, 15) is 9.18 Å². The average Bonchev–Trinajstić information content (AvgIpc) is 2.04. The SMILES string of the molecule is CN(C)c1ccc(CC=O)cc1F. The molecule has 0 amide bonds. The molecule has 0 aliphatic heterocycles. The van der Waals surface area contributed by atoms with E-state index in [-0.39, 0.29) is 12.2 Å². The van der Waals surface area contributed by atoms with Crippen molar-refractivity contribution in [3.05, 3.63) is 29.6 Å². The van der Waals surface area contributed by atoms with Gasteiger partial charge in [0, 0.05) is 20.5 Å². The van der Waals surface area contributed by atoms with E-state index in [0.29, 0.717) is 11.3 Å². The fourth-order valence-electron chi connectivity index (χ4n) is 1.14. The van der Waals surface area contributed by atoms with E-state index in [4.69, 9.17) is 0 Å². The zero-order valence-corrected chi connectivity index (χ0v) is 7.75. The van der Waals surface area contributed by atoms with Crippen LogP contribution in [0.4, 0.5) is 10.1 Å². The minimum atomic E-state index is -0.288. The standard InChI is InChI=1S/C10H12FNO/c1-12(2)10-4-3-8(5-6-13)7-9(10)11/h3-4,6-7H,5H2,1-2H3. The van der Waals surface area contributed by atoms with Gasteiger partial charge in [0.15, 0.2) is 0 Å². The molecule has 13 heavy (non-hydrogen) atoms. The Morgan fingerprint density at radius 1 is 1.46 bits per heavy atom. The van der Waals surface area contributed by atoms with Gasteiger partial charge in [0.05, 0.1) is 5.69 Å². The van der Waals surface area contributed by atoms with Gasteiger partial charge in [-0.25, -0.2) is 4.39 Å². The van der Waals surface area contributed by atoms with Crippen LogP contribution in [0.25, 0.3) is 0 Å².